The van der Waals surface area contributed by atoms with Gasteiger partial charge in [0, 0.05) is 27.7 Å². The normalized spacial score (nSPS) is 23.1. The van der Waals surface area contributed by atoms with Crippen molar-refractivity contribution in [1.29, 1.82) is 0 Å². The van der Waals surface area contributed by atoms with Crippen molar-refractivity contribution in [2.45, 2.75) is 77.2 Å². The highest BCUT2D eigenvalue weighted by molar-refractivity contribution is 9.10. The summed E-state index contributed by atoms with van der Waals surface area (Å²) in [6.07, 6.45) is 0.152. The molecule has 0 radical (unpaired) electrons. The Kier molecular flexibility index (Phi) is 7.11. The third-order valence-corrected chi connectivity index (χ3v) is 9.11. The van der Waals surface area contributed by atoms with Crippen LogP contribution < -0.4 is 20.1 Å². The minimum Gasteiger partial charge on any atom is -0.504 e. The topological polar surface area (TPSA) is 130 Å². The summed E-state index contributed by atoms with van der Waals surface area (Å²) in [4.78, 5) is 28.5. The van der Waals surface area contributed by atoms with E-state index in [0.717, 1.165) is 26.7 Å². The fourth-order valence-corrected chi connectivity index (χ4v) is 7.08. The highest BCUT2D eigenvalue weighted by Crippen LogP contribution is 2.53. The van der Waals surface area contributed by atoms with Gasteiger partial charge < -0.3 is 34.6 Å². The van der Waals surface area contributed by atoms with Crippen molar-refractivity contribution in [3.05, 3.63) is 43.9 Å². The number of fused-ring (bicyclic) bond motifs is 7. The molecule has 40 heavy (non-hydrogen) atoms. The SMILES string of the molecule is COc1c(C)cc2c(c1O)[C@H](CNC(=O)OC(C)(C)C)N1C(=O)[C@@H]3Cc4c(Br)c(C)c(OC)c(O)c4[C@@H](N3)[C@@H]1C2. The third kappa shape index (κ3) is 4.43. The molecule has 3 aliphatic heterocycles. The highest BCUT2D eigenvalue weighted by Gasteiger charge is 2.53. The van der Waals surface area contributed by atoms with Crippen LogP contribution in [0.1, 0.15) is 66.2 Å². The van der Waals surface area contributed by atoms with Gasteiger partial charge in [-0.25, -0.2) is 4.79 Å². The van der Waals surface area contributed by atoms with E-state index in [-0.39, 0.29) is 24.0 Å². The number of phenols is 2. The van der Waals surface area contributed by atoms with E-state index < -0.39 is 35.9 Å². The number of piperazine rings is 1. The molecule has 0 aliphatic carbocycles. The monoisotopic (exact) mass is 617 g/mol. The van der Waals surface area contributed by atoms with Crippen molar-refractivity contribution in [1.82, 2.24) is 15.5 Å². The van der Waals surface area contributed by atoms with Gasteiger partial charge in [-0.15, -0.1) is 0 Å². The molecule has 2 aromatic rings. The number of carbonyl (C=O) groups is 2. The molecule has 10 nitrogen and oxygen atoms in total. The largest absolute Gasteiger partial charge is 0.504 e. The Morgan fingerprint density at radius 3 is 2.40 bits per heavy atom. The van der Waals surface area contributed by atoms with E-state index in [1.165, 1.54) is 14.2 Å². The van der Waals surface area contributed by atoms with Gasteiger partial charge in [-0.3, -0.25) is 10.1 Å². The number of alkyl carbamates (subject to hydrolysis) is 1. The van der Waals surface area contributed by atoms with E-state index in [4.69, 9.17) is 14.2 Å². The van der Waals surface area contributed by atoms with Gasteiger partial charge in [-0.2, -0.15) is 0 Å². The standard InChI is InChI=1S/C29H36BrN3O7/c1-12-8-14-9-17-22-20-15(21(30)13(2)26(39-7)24(20)35)10-16(32-22)27(36)33(17)18(19(14)23(34)25(12)38-6)11-31-28(37)40-29(3,4)5/h8,16-18,22,32,34-35H,9-11H2,1-7H3,(H,31,37)/t16-,17-,18-,22-/m0/s1. The smallest absolute Gasteiger partial charge is 0.407 e. The number of nitrogens with one attached hydrogen (secondary N) is 2. The van der Waals surface area contributed by atoms with E-state index in [1.54, 1.807) is 25.7 Å². The number of aromatic hydroxyl groups is 2. The average Bonchev–Trinajstić information content (AvgIpc) is 2.87. The first-order valence-electron chi connectivity index (χ1n) is 13.3. The summed E-state index contributed by atoms with van der Waals surface area (Å²) in [6, 6.07) is -0.137. The summed E-state index contributed by atoms with van der Waals surface area (Å²) in [7, 11) is 3.01. The number of hydrogen-bond donors (Lipinski definition) is 4. The maximum atomic E-state index is 14.1. The predicted octanol–water partition coefficient (Wildman–Crippen LogP) is 4.08. The number of amides is 2. The molecule has 216 valence electrons. The maximum Gasteiger partial charge on any atom is 0.407 e. The van der Waals surface area contributed by atoms with Gasteiger partial charge in [0.05, 0.1) is 38.4 Å². The summed E-state index contributed by atoms with van der Waals surface area (Å²) in [5.41, 5.74) is 3.76. The van der Waals surface area contributed by atoms with E-state index >= 15 is 0 Å². The summed E-state index contributed by atoms with van der Waals surface area (Å²) < 4.78 is 17.3. The van der Waals surface area contributed by atoms with Crippen molar-refractivity contribution in [2.75, 3.05) is 20.8 Å². The first kappa shape index (κ1) is 28.4. The zero-order chi connectivity index (χ0) is 29.3. The lowest BCUT2D eigenvalue weighted by Crippen LogP contribution is -2.67. The lowest BCUT2D eigenvalue weighted by atomic mass is 9.75. The molecule has 3 aliphatic rings. The van der Waals surface area contributed by atoms with E-state index in [9.17, 15) is 19.8 Å². The van der Waals surface area contributed by atoms with Gasteiger partial charge in [-0.1, -0.05) is 22.0 Å². The Labute approximate surface area is 242 Å². The lowest BCUT2D eigenvalue weighted by molar-refractivity contribution is -0.146. The van der Waals surface area contributed by atoms with Crippen LogP contribution in [0, 0.1) is 13.8 Å². The second-order valence-corrected chi connectivity index (χ2v) is 12.5. The Hall–Kier alpha value is -3.18. The van der Waals surface area contributed by atoms with Crippen LogP contribution >= 0.6 is 15.9 Å². The predicted molar refractivity (Wildman–Crippen MR) is 151 cm³/mol. The first-order valence-corrected chi connectivity index (χ1v) is 14.1. The van der Waals surface area contributed by atoms with Crippen LogP contribution in [0.15, 0.2) is 10.5 Å². The summed E-state index contributed by atoms with van der Waals surface area (Å²) >= 11 is 3.69. The van der Waals surface area contributed by atoms with Gasteiger partial charge >= 0.3 is 6.09 Å². The van der Waals surface area contributed by atoms with Crippen LogP contribution in [-0.4, -0.2) is 65.6 Å². The number of methoxy groups -OCH3 is 2. The van der Waals surface area contributed by atoms with Gasteiger partial charge in [-0.05, 0) is 64.2 Å². The summed E-state index contributed by atoms with van der Waals surface area (Å²) in [6.45, 7) is 9.06. The molecule has 2 aromatic carbocycles. The molecule has 11 heteroatoms. The van der Waals surface area contributed by atoms with E-state index in [2.05, 4.69) is 26.6 Å². The molecule has 1 fully saturated rings. The number of halogens is 1. The van der Waals surface area contributed by atoms with Crippen molar-refractivity contribution in [3.8, 4) is 23.0 Å². The summed E-state index contributed by atoms with van der Waals surface area (Å²) in [5.74, 6) is 0.562. The molecule has 0 unspecified atom stereocenters. The number of ether oxygens (including phenoxy) is 3. The maximum absolute atomic E-state index is 14.1. The zero-order valence-electron chi connectivity index (χ0n) is 23.8. The second-order valence-electron chi connectivity index (χ2n) is 11.7. The number of phenolic OH excluding ortho intramolecular Hbond substituents is 2. The Bertz CT molecular complexity index is 1400. The molecule has 0 saturated carbocycles. The number of nitrogens with zero attached hydrogens (tertiary/aromatic N) is 1. The number of carbonyl (C=O) groups excluding carboxylic acids is 2. The molecule has 3 heterocycles. The van der Waals surface area contributed by atoms with Gasteiger partial charge in [0.25, 0.3) is 0 Å². The van der Waals surface area contributed by atoms with Gasteiger partial charge in [0.2, 0.25) is 5.91 Å². The molecule has 0 spiro atoms. The minimum atomic E-state index is -0.701. The quantitative estimate of drug-likeness (QED) is 0.404. The van der Waals surface area contributed by atoms with Gasteiger partial charge in [0.15, 0.2) is 23.0 Å². The van der Waals surface area contributed by atoms with Crippen molar-refractivity contribution >= 4 is 27.9 Å². The fourth-order valence-electron chi connectivity index (χ4n) is 6.52. The van der Waals surface area contributed by atoms with Crippen LogP contribution in [0.2, 0.25) is 0 Å². The fraction of sp³-hybridized carbons (Fsp3) is 0.517. The molecule has 4 N–H and O–H groups in total. The third-order valence-electron chi connectivity index (χ3n) is 8.03. The average molecular weight is 619 g/mol. The molecule has 5 rings (SSSR count). The number of aryl methyl sites for hydroxylation is 1. The Morgan fingerprint density at radius 1 is 1.12 bits per heavy atom. The zero-order valence-corrected chi connectivity index (χ0v) is 25.4. The van der Waals surface area contributed by atoms with Crippen molar-refractivity contribution < 1.29 is 34.0 Å². The Balaban J connectivity index is 1.65. The molecule has 2 amide bonds. The molecule has 1 saturated heterocycles. The lowest BCUT2D eigenvalue weighted by Gasteiger charge is -2.54. The van der Waals surface area contributed by atoms with Crippen LogP contribution in [0.3, 0.4) is 0 Å². The van der Waals surface area contributed by atoms with Crippen LogP contribution in [0.4, 0.5) is 4.79 Å². The molecular formula is C29H36BrN3O7. The summed E-state index contributed by atoms with van der Waals surface area (Å²) in [5, 5.41) is 29.0. The highest BCUT2D eigenvalue weighted by atomic mass is 79.9. The Morgan fingerprint density at radius 2 is 1.77 bits per heavy atom. The molecular weight excluding hydrogens is 582 g/mol. The number of rotatable bonds is 4. The van der Waals surface area contributed by atoms with E-state index in [0.29, 0.717) is 35.5 Å². The van der Waals surface area contributed by atoms with Crippen LogP contribution in [-0.2, 0) is 22.4 Å². The van der Waals surface area contributed by atoms with Crippen LogP contribution in [0.25, 0.3) is 0 Å². The van der Waals surface area contributed by atoms with Crippen molar-refractivity contribution in [3.63, 3.8) is 0 Å². The minimum absolute atomic E-state index is 0.0170. The molecule has 0 aromatic heterocycles. The van der Waals surface area contributed by atoms with Crippen molar-refractivity contribution in [2.24, 2.45) is 0 Å². The first-order chi connectivity index (χ1) is 18.8. The van der Waals surface area contributed by atoms with Gasteiger partial charge in [0.1, 0.15) is 5.60 Å². The molecule has 2 bridgehead atoms. The van der Waals surface area contributed by atoms with Crippen LogP contribution in [0.5, 0.6) is 23.0 Å². The second kappa shape index (κ2) is 10.0. The number of hydrogen-bond acceptors (Lipinski definition) is 8. The molecule has 4 atom stereocenters. The number of benzene rings is 2. The van der Waals surface area contributed by atoms with E-state index in [1.807, 2.05) is 19.9 Å².